The number of esters is 1. The van der Waals surface area contributed by atoms with Gasteiger partial charge in [-0.3, -0.25) is 0 Å². The van der Waals surface area contributed by atoms with Crippen molar-refractivity contribution in [2.75, 3.05) is 6.61 Å². The fraction of sp³-hybridized carbons (Fsp3) is 0.900. The zero-order chi connectivity index (χ0) is 10.6. The second kappa shape index (κ2) is 4.75. The van der Waals surface area contributed by atoms with E-state index in [0.717, 1.165) is 25.7 Å². The van der Waals surface area contributed by atoms with E-state index in [0.29, 0.717) is 6.42 Å². The topological polar surface area (TPSA) is 66.8 Å². The van der Waals surface area contributed by atoms with Crippen molar-refractivity contribution in [3.8, 4) is 0 Å². The predicted molar refractivity (Wildman–Crippen MR) is 50.7 cm³/mol. The third-order valence-electron chi connectivity index (χ3n) is 2.69. The van der Waals surface area contributed by atoms with Crippen LogP contribution in [0.1, 0.15) is 39.0 Å². The van der Waals surface area contributed by atoms with Gasteiger partial charge in [0.05, 0.1) is 0 Å². The first-order chi connectivity index (χ1) is 6.61. The van der Waals surface area contributed by atoms with E-state index < -0.39 is 17.7 Å². The lowest BCUT2D eigenvalue weighted by atomic mass is 9.92. The minimum absolute atomic E-state index is 0.0802. The van der Waals surface area contributed by atoms with Gasteiger partial charge in [-0.2, -0.15) is 0 Å². The van der Waals surface area contributed by atoms with Gasteiger partial charge in [0.15, 0.2) is 5.60 Å². The van der Waals surface area contributed by atoms with Crippen LogP contribution in [0.15, 0.2) is 0 Å². The molecule has 0 saturated carbocycles. The van der Waals surface area contributed by atoms with Crippen LogP contribution in [0.4, 0.5) is 0 Å². The molecular formula is C10H18O4. The largest absolute Gasteiger partial charge is 0.461 e. The van der Waals surface area contributed by atoms with Gasteiger partial charge in [-0.25, -0.2) is 4.79 Å². The van der Waals surface area contributed by atoms with Crippen LogP contribution in [-0.2, 0) is 9.53 Å². The van der Waals surface area contributed by atoms with E-state index in [4.69, 9.17) is 0 Å². The molecule has 14 heavy (non-hydrogen) atoms. The van der Waals surface area contributed by atoms with E-state index in [1.807, 2.05) is 0 Å². The summed E-state index contributed by atoms with van der Waals surface area (Å²) < 4.78 is 4.60. The second-order valence-corrected chi connectivity index (χ2v) is 3.85. The molecule has 1 fully saturated rings. The number of carbonyl (C=O) groups is 1. The summed E-state index contributed by atoms with van der Waals surface area (Å²) in [5.74, 6) is -0.679. The smallest absolute Gasteiger partial charge is 0.341 e. The Labute approximate surface area is 83.9 Å². The maximum atomic E-state index is 11.1. The molecule has 1 saturated heterocycles. The van der Waals surface area contributed by atoms with Crippen molar-refractivity contribution in [1.82, 2.24) is 0 Å². The quantitative estimate of drug-likeness (QED) is 0.506. The van der Waals surface area contributed by atoms with E-state index in [-0.39, 0.29) is 6.61 Å². The van der Waals surface area contributed by atoms with Gasteiger partial charge >= 0.3 is 5.97 Å². The molecule has 0 aromatic carbocycles. The Kier molecular flexibility index (Phi) is 3.89. The summed E-state index contributed by atoms with van der Waals surface area (Å²) in [7, 11) is 0. The van der Waals surface area contributed by atoms with E-state index >= 15 is 0 Å². The Balaban J connectivity index is 2.36. The summed E-state index contributed by atoms with van der Waals surface area (Å²) in [5, 5.41) is 19.2. The van der Waals surface area contributed by atoms with E-state index in [9.17, 15) is 15.0 Å². The maximum absolute atomic E-state index is 11.1. The molecule has 0 amide bonds. The van der Waals surface area contributed by atoms with Gasteiger partial charge in [0.2, 0.25) is 0 Å². The first-order valence-corrected chi connectivity index (χ1v) is 5.19. The molecule has 0 radical (unpaired) electrons. The number of aliphatic hydroxyl groups is 2. The molecule has 0 aromatic rings. The minimum atomic E-state index is -1.65. The molecule has 0 unspecified atom stereocenters. The lowest BCUT2D eigenvalue weighted by Gasteiger charge is -2.20. The first kappa shape index (κ1) is 11.5. The summed E-state index contributed by atoms with van der Waals surface area (Å²) in [4.78, 5) is 11.1. The molecule has 0 bridgehead atoms. The van der Waals surface area contributed by atoms with Gasteiger partial charge in [-0.1, -0.05) is 26.2 Å². The fourth-order valence-electron chi connectivity index (χ4n) is 1.64. The van der Waals surface area contributed by atoms with Crippen LogP contribution in [0.2, 0.25) is 0 Å². The number of carbonyl (C=O) groups excluding carboxylic acids is 1. The van der Waals surface area contributed by atoms with Crippen LogP contribution >= 0.6 is 0 Å². The minimum Gasteiger partial charge on any atom is -0.461 e. The molecule has 2 atom stereocenters. The molecule has 2 N–H and O–H groups in total. The predicted octanol–water partition coefficient (Wildman–Crippen LogP) is 0.606. The molecule has 4 heteroatoms. The highest BCUT2D eigenvalue weighted by Crippen LogP contribution is 2.26. The van der Waals surface area contributed by atoms with E-state index in [2.05, 4.69) is 11.7 Å². The van der Waals surface area contributed by atoms with Gasteiger partial charge in [-0.15, -0.1) is 0 Å². The fourth-order valence-corrected chi connectivity index (χ4v) is 1.64. The van der Waals surface area contributed by atoms with Crippen LogP contribution in [0.5, 0.6) is 0 Å². The standard InChI is InChI=1S/C10H18O4/c1-2-3-4-5-6-10(13)8(11)7-14-9(10)12/h8,11,13H,2-7H2,1H3/t8-,10-/m1/s1. The highest BCUT2D eigenvalue weighted by atomic mass is 16.6. The Hall–Kier alpha value is -0.610. The van der Waals surface area contributed by atoms with Gasteiger partial charge in [-0.05, 0) is 12.8 Å². The average Bonchev–Trinajstić information content (AvgIpc) is 2.42. The number of ether oxygens (including phenoxy) is 1. The number of cyclic esters (lactones) is 1. The van der Waals surface area contributed by atoms with Crippen LogP contribution in [-0.4, -0.2) is 34.5 Å². The third-order valence-corrected chi connectivity index (χ3v) is 2.69. The normalized spacial score (nSPS) is 31.9. The molecular weight excluding hydrogens is 184 g/mol. The molecule has 0 spiro atoms. The summed E-state index contributed by atoms with van der Waals surface area (Å²) in [6.45, 7) is 2.01. The van der Waals surface area contributed by atoms with Gasteiger partial charge in [0.25, 0.3) is 0 Å². The van der Waals surface area contributed by atoms with E-state index in [1.54, 1.807) is 0 Å². The molecule has 0 aromatic heterocycles. The molecule has 4 nitrogen and oxygen atoms in total. The van der Waals surface area contributed by atoms with Crippen LogP contribution in [0.25, 0.3) is 0 Å². The molecule has 1 heterocycles. The molecule has 1 rings (SSSR count). The Morgan fingerprint density at radius 3 is 2.71 bits per heavy atom. The highest BCUT2D eigenvalue weighted by molar-refractivity contribution is 5.82. The van der Waals surface area contributed by atoms with Crippen molar-refractivity contribution in [2.45, 2.75) is 50.7 Å². The zero-order valence-corrected chi connectivity index (χ0v) is 8.53. The highest BCUT2D eigenvalue weighted by Gasteiger charge is 2.49. The van der Waals surface area contributed by atoms with E-state index in [1.165, 1.54) is 0 Å². The van der Waals surface area contributed by atoms with Crippen molar-refractivity contribution in [3.05, 3.63) is 0 Å². The first-order valence-electron chi connectivity index (χ1n) is 5.19. The van der Waals surface area contributed by atoms with Crippen molar-refractivity contribution in [3.63, 3.8) is 0 Å². The lowest BCUT2D eigenvalue weighted by molar-refractivity contribution is -0.156. The average molecular weight is 202 g/mol. The third kappa shape index (κ3) is 2.25. The maximum Gasteiger partial charge on any atom is 0.341 e. The second-order valence-electron chi connectivity index (χ2n) is 3.85. The van der Waals surface area contributed by atoms with Crippen molar-refractivity contribution in [2.24, 2.45) is 0 Å². The number of hydrogen-bond acceptors (Lipinski definition) is 4. The number of aliphatic hydroxyl groups excluding tert-OH is 1. The van der Waals surface area contributed by atoms with Crippen LogP contribution in [0, 0.1) is 0 Å². The summed E-state index contributed by atoms with van der Waals surface area (Å²) >= 11 is 0. The molecule has 82 valence electrons. The molecule has 1 aliphatic heterocycles. The van der Waals surface area contributed by atoms with Crippen molar-refractivity contribution >= 4 is 5.97 Å². The Bertz CT molecular complexity index is 204. The van der Waals surface area contributed by atoms with Crippen LogP contribution < -0.4 is 0 Å². The van der Waals surface area contributed by atoms with Crippen LogP contribution in [0.3, 0.4) is 0 Å². The summed E-state index contributed by atoms with van der Waals surface area (Å²) in [6.07, 6.45) is 3.14. The zero-order valence-electron chi connectivity index (χ0n) is 8.53. The number of rotatable bonds is 5. The molecule has 0 aliphatic carbocycles. The van der Waals surface area contributed by atoms with Gasteiger partial charge in [0.1, 0.15) is 12.7 Å². The number of hydrogen-bond donors (Lipinski definition) is 2. The molecule has 1 aliphatic rings. The summed E-state index contributed by atoms with van der Waals surface area (Å²) in [5.41, 5.74) is -1.65. The van der Waals surface area contributed by atoms with Crippen molar-refractivity contribution < 1.29 is 19.7 Å². The number of unbranched alkanes of at least 4 members (excludes halogenated alkanes) is 3. The van der Waals surface area contributed by atoms with Crippen molar-refractivity contribution in [1.29, 1.82) is 0 Å². The Morgan fingerprint density at radius 2 is 2.21 bits per heavy atom. The summed E-state index contributed by atoms with van der Waals surface area (Å²) in [6, 6.07) is 0. The van der Waals surface area contributed by atoms with Gasteiger partial charge < -0.3 is 14.9 Å². The monoisotopic (exact) mass is 202 g/mol. The lowest BCUT2D eigenvalue weighted by Crippen LogP contribution is -2.44. The van der Waals surface area contributed by atoms with Gasteiger partial charge in [0, 0.05) is 0 Å². The Morgan fingerprint density at radius 1 is 1.50 bits per heavy atom. The SMILES string of the molecule is CCCCCC[C@]1(O)C(=O)OC[C@H]1O.